The van der Waals surface area contributed by atoms with Gasteiger partial charge in [-0.2, -0.15) is 0 Å². The standard InChI is InChI=1S/C11H16.3C2H6/c1-5-8-9-11(7-3)10(4)6-2;3*1-2/h6-7,9H,2-5,8H2,1H3;3*1-2H3/b11-9-;;;. The van der Waals surface area contributed by atoms with Gasteiger partial charge < -0.3 is 0 Å². The Morgan fingerprint density at radius 1 is 0.882 bits per heavy atom. The van der Waals surface area contributed by atoms with Crippen LogP contribution in [0, 0.1) is 0 Å². The number of allylic oxidation sites excluding steroid dienone is 5. The normalized spacial score (nSPS) is 8.06. The minimum Gasteiger partial charge on any atom is -0.0985 e. The molecule has 0 saturated heterocycles. The van der Waals surface area contributed by atoms with E-state index >= 15 is 0 Å². The maximum atomic E-state index is 3.84. The van der Waals surface area contributed by atoms with Crippen molar-refractivity contribution in [3.8, 4) is 0 Å². The summed E-state index contributed by atoms with van der Waals surface area (Å²) in [5.41, 5.74) is 2.05. The van der Waals surface area contributed by atoms with Crippen molar-refractivity contribution < 1.29 is 0 Å². The van der Waals surface area contributed by atoms with Crippen molar-refractivity contribution in [2.24, 2.45) is 0 Å². The largest absolute Gasteiger partial charge is 0.0985 e. The average Bonchev–Trinajstić information content (AvgIpc) is 2.45. The Morgan fingerprint density at radius 2 is 1.29 bits per heavy atom. The molecule has 0 aromatic heterocycles. The number of unbranched alkanes of at least 4 members (excludes halogenated alkanes) is 1. The summed E-state index contributed by atoms with van der Waals surface area (Å²) >= 11 is 0. The maximum Gasteiger partial charge on any atom is -0.0236 e. The van der Waals surface area contributed by atoms with Crippen LogP contribution in [0.4, 0.5) is 0 Å². The van der Waals surface area contributed by atoms with Gasteiger partial charge in [-0.05, 0) is 17.6 Å². The predicted octanol–water partition coefficient (Wildman–Crippen LogP) is 6.72. The number of hydrogen-bond donors (Lipinski definition) is 0. The highest BCUT2D eigenvalue weighted by molar-refractivity contribution is 5.42. The first-order valence-electron chi connectivity index (χ1n) is 6.90. The molecule has 0 aliphatic rings. The van der Waals surface area contributed by atoms with E-state index in [0.717, 1.165) is 24.0 Å². The first kappa shape index (κ1) is 25.0. The fraction of sp³-hybridized carbons (Fsp3) is 0.529. The van der Waals surface area contributed by atoms with Gasteiger partial charge in [0.2, 0.25) is 0 Å². The Hall–Kier alpha value is -1.04. The van der Waals surface area contributed by atoms with Gasteiger partial charge in [0.05, 0.1) is 0 Å². The van der Waals surface area contributed by atoms with Crippen molar-refractivity contribution in [2.75, 3.05) is 0 Å². The van der Waals surface area contributed by atoms with Crippen molar-refractivity contribution >= 4 is 0 Å². The van der Waals surface area contributed by atoms with Crippen LogP contribution in [-0.2, 0) is 0 Å². The lowest BCUT2D eigenvalue weighted by atomic mass is 10.1. The molecule has 0 aliphatic carbocycles. The molecule has 0 atom stereocenters. The van der Waals surface area contributed by atoms with E-state index in [9.17, 15) is 0 Å². The fourth-order valence-corrected chi connectivity index (χ4v) is 0.763. The molecule has 0 radical (unpaired) electrons. The molecule has 0 unspecified atom stereocenters. The van der Waals surface area contributed by atoms with Crippen LogP contribution < -0.4 is 0 Å². The predicted molar refractivity (Wildman–Crippen MR) is 86.6 cm³/mol. The quantitative estimate of drug-likeness (QED) is 0.466. The molecule has 0 bridgehead atoms. The van der Waals surface area contributed by atoms with Gasteiger partial charge in [-0.3, -0.25) is 0 Å². The van der Waals surface area contributed by atoms with Gasteiger partial charge in [0.1, 0.15) is 0 Å². The average molecular weight is 238 g/mol. The summed E-state index contributed by atoms with van der Waals surface area (Å²) in [5, 5.41) is 0. The van der Waals surface area contributed by atoms with E-state index in [0.29, 0.717) is 0 Å². The van der Waals surface area contributed by atoms with Crippen molar-refractivity contribution in [1.82, 2.24) is 0 Å². The Bertz CT molecular complexity index is 182. The third kappa shape index (κ3) is 20.9. The maximum absolute atomic E-state index is 3.84. The lowest BCUT2D eigenvalue weighted by Gasteiger charge is -1.99. The Balaban J connectivity index is -0.000000121. The second-order valence-electron chi connectivity index (χ2n) is 2.38. The molecule has 0 heteroatoms. The zero-order chi connectivity index (χ0) is 14.7. The van der Waals surface area contributed by atoms with Gasteiger partial charge in [0.25, 0.3) is 0 Å². The highest BCUT2D eigenvalue weighted by Gasteiger charge is 1.91. The molecule has 0 aromatic carbocycles. The molecule has 0 aromatic rings. The van der Waals surface area contributed by atoms with Crippen LogP contribution in [-0.4, -0.2) is 0 Å². The Kier molecular flexibility index (Phi) is 43.2. The van der Waals surface area contributed by atoms with Crippen molar-refractivity contribution in [3.05, 3.63) is 49.1 Å². The molecule has 0 rings (SSSR count). The van der Waals surface area contributed by atoms with Crippen LogP contribution in [0.15, 0.2) is 49.1 Å². The molecule has 0 saturated carbocycles. The lowest BCUT2D eigenvalue weighted by Crippen LogP contribution is -1.79. The monoisotopic (exact) mass is 238 g/mol. The van der Waals surface area contributed by atoms with Gasteiger partial charge >= 0.3 is 0 Å². The summed E-state index contributed by atoms with van der Waals surface area (Å²) in [7, 11) is 0. The smallest absolute Gasteiger partial charge is 0.0236 e. The van der Waals surface area contributed by atoms with E-state index in [1.165, 1.54) is 0 Å². The molecule has 0 heterocycles. The zero-order valence-corrected chi connectivity index (χ0v) is 13.3. The van der Waals surface area contributed by atoms with Crippen molar-refractivity contribution in [1.29, 1.82) is 0 Å². The Morgan fingerprint density at radius 3 is 1.53 bits per heavy atom. The van der Waals surface area contributed by atoms with Gasteiger partial charge in [0, 0.05) is 0 Å². The van der Waals surface area contributed by atoms with E-state index in [4.69, 9.17) is 0 Å². The molecular formula is C17H34. The summed E-state index contributed by atoms with van der Waals surface area (Å²) in [4.78, 5) is 0. The van der Waals surface area contributed by atoms with E-state index in [2.05, 4.69) is 32.7 Å². The van der Waals surface area contributed by atoms with Crippen LogP contribution in [0.3, 0.4) is 0 Å². The second kappa shape index (κ2) is 29.4. The van der Waals surface area contributed by atoms with Crippen LogP contribution in [0.2, 0.25) is 0 Å². The van der Waals surface area contributed by atoms with Gasteiger partial charge in [-0.15, -0.1) is 0 Å². The third-order valence-corrected chi connectivity index (χ3v) is 1.49. The van der Waals surface area contributed by atoms with E-state index in [1.807, 2.05) is 47.6 Å². The number of rotatable bonds is 5. The van der Waals surface area contributed by atoms with Crippen LogP contribution in [0.25, 0.3) is 0 Å². The van der Waals surface area contributed by atoms with Crippen molar-refractivity contribution in [2.45, 2.75) is 61.3 Å². The highest BCUT2D eigenvalue weighted by atomic mass is 14.0. The summed E-state index contributed by atoms with van der Waals surface area (Å²) in [6.45, 7) is 25.3. The van der Waals surface area contributed by atoms with Crippen LogP contribution in [0.1, 0.15) is 61.3 Å². The van der Waals surface area contributed by atoms with E-state index in [1.54, 1.807) is 6.08 Å². The SMILES string of the molecule is C=CC(=C)/C(C=C)=C\CCC.CC.CC.CC. The molecule has 0 spiro atoms. The lowest BCUT2D eigenvalue weighted by molar-refractivity contribution is 0.954. The van der Waals surface area contributed by atoms with E-state index < -0.39 is 0 Å². The molecule has 0 aliphatic heterocycles. The topological polar surface area (TPSA) is 0 Å². The summed E-state index contributed by atoms with van der Waals surface area (Å²) in [6, 6.07) is 0. The summed E-state index contributed by atoms with van der Waals surface area (Å²) < 4.78 is 0. The molecule has 102 valence electrons. The molecule has 17 heavy (non-hydrogen) atoms. The second-order valence-corrected chi connectivity index (χ2v) is 2.38. The molecule has 0 fully saturated rings. The fourth-order valence-electron chi connectivity index (χ4n) is 0.763. The van der Waals surface area contributed by atoms with Gasteiger partial charge in [-0.1, -0.05) is 92.9 Å². The van der Waals surface area contributed by atoms with Gasteiger partial charge in [0.15, 0.2) is 0 Å². The van der Waals surface area contributed by atoms with Gasteiger partial charge in [-0.25, -0.2) is 0 Å². The molecule has 0 amide bonds. The van der Waals surface area contributed by atoms with Crippen molar-refractivity contribution in [3.63, 3.8) is 0 Å². The first-order chi connectivity index (χ1) is 8.26. The minimum absolute atomic E-state index is 0.952. The van der Waals surface area contributed by atoms with Crippen LogP contribution >= 0.6 is 0 Å². The number of hydrogen-bond acceptors (Lipinski definition) is 0. The Labute approximate surface area is 111 Å². The molecule has 0 N–H and O–H groups in total. The minimum atomic E-state index is 0.952. The highest BCUT2D eigenvalue weighted by Crippen LogP contribution is 2.10. The molecule has 0 nitrogen and oxygen atoms in total. The summed E-state index contributed by atoms with van der Waals surface area (Å²) in [6.07, 6.45) is 7.94. The van der Waals surface area contributed by atoms with Crippen LogP contribution in [0.5, 0.6) is 0 Å². The van der Waals surface area contributed by atoms with E-state index in [-0.39, 0.29) is 0 Å². The molecular weight excluding hydrogens is 204 g/mol. The summed E-state index contributed by atoms with van der Waals surface area (Å²) in [5.74, 6) is 0. The zero-order valence-electron chi connectivity index (χ0n) is 13.3. The first-order valence-corrected chi connectivity index (χ1v) is 6.90. The third-order valence-electron chi connectivity index (χ3n) is 1.49.